The molecule has 0 radical (unpaired) electrons. The zero-order valence-electron chi connectivity index (χ0n) is 10.2. The first kappa shape index (κ1) is 12.4. The van der Waals surface area contributed by atoms with Crippen LogP contribution >= 0.6 is 11.3 Å². The Morgan fingerprint density at radius 1 is 1.30 bits per heavy atom. The third kappa shape index (κ3) is 2.26. The average Bonchev–Trinajstić information content (AvgIpc) is 3.08. The Morgan fingerprint density at radius 2 is 2.10 bits per heavy atom. The van der Waals surface area contributed by atoms with E-state index in [-0.39, 0.29) is 17.4 Å². The summed E-state index contributed by atoms with van der Waals surface area (Å²) < 4.78 is 4.91. The Morgan fingerprint density at radius 3 is 2.80 bits per heavy atom. The van der Waals surface area contributed by atoms with Crippen LogP contribution in [0.1, 0.15) is 10.4 Å². The average molecular weight is 286 g/mol. The molecule has 0 unspecified atom stereocenters. The predicted octanol–water partition coefficient (Wildman–Crippen LogP) is 2.63. The van der Waals surface area contributed by atoms with Gasteiger partial charge in [-0.1, -0.05) is 23.4 Å². The van der Waals surface area contributed by atoms with Crippen molar-refractivity contribution in [2.45, 2.75) is 0 Å². The van der Waals surface area contributed by atoms with Crippen LogP contribution in [-0.2, 0) is 0 Å². The number of hydrogen-bond donors (Lipinski definition) is 2. The molecule has 3 N–H and O–H groups in total. The Bertz CT molecular complexity index is 722. The van der Waals surface area contributed by atoms with E-state index in [0.717, 1.165) is 0 Å². The molecule has 0 aliphatic carbocycles. The molecule has 0 spiro atoms. The lowest BCUT2D eigenvalue weighted by Crippen LogP contribution is -2.13. The van der Waals surface area contributed by atoms with E-state index in [9.17, 15) is 4.79 Å². The van der Waals surface area contributed by atoms with Crippen molar-refractivity contribution < 1.29 is 9.32 Å². The molecule has 2 aromatic heterocycles. The van der Waals surface area contributed by atoms with Crippen molar-refractivity contribution >= 4 is 28.8 Å². The molecule has 3 rings (SSSR count). The third-order valence-electron chi connectivity index (χ3n) is 2.61. The van der Waals surface area contributed by atoms with Gasteiger partial charge in [-0.2, -0.15) is 0 Å². The number of thiazole rings is 1. The number of amides is 1. The highest BCUT2D eigenvalue weighted by Gasteiger charge is 2.23. The highest BCUT2D eigenvalue weighted by Crippen LogP contribution is 2.29. The van der Waals surface area contributed by atoms with Crippen LogP contribution < -0.4 is 11.1 Å². The second-order valence-corrected chi connectivity index (χ2v) is 4.82. The summed E-state index contributed by atoms with van der Waals surface area (Å²) in [6.07, 6.45) is 1.63. The van der Waals surface area contributed by atoms with Crippen LogP contribution in [0.5, 0.6) is 0 Å². The molecular weight excluding hydrogens is 276 g/mol. The van der Waals surface area contributed by atoms with E-state index in [0.29, 0.717) is 16.4 Å². The molecule has 0 bridgehead atoms. The van der Waals surface area contributed by atoms with Gasteiger partial charge in [0.2, 0.25) is 5.88 Å². The van der Waals surface area contributed by atoms with Gasteiger partial charge in [0.25, 0.3) is 5.91 Å². The quantitative estimate of drug-likeness (QED) is 0.772. The number of hydrogen-bond acceptors (Lipinski definition) is 6. The summed E-state index contributed by atoms with van der Waals surface area (Å²) in [4.78, 5) is 16.4. The number of nitrogens with zero attached hydrogens (tertiary/aromatic N) is 2. The van der Waals surface area contributed by atoms with Crippen LogP contribution in [0.2, 0.25) is 0 Å². The number of nitrogens with two attached hydrogens (primary N) is 1. The lowest BCUT2D eigenvalue weighted by atomic mass is 10.2. The fraction of sp³-hybridized carbons (Fsp3) is 0. The highest BCUT2D eigenvalue weighted by molar-refractivity contribution is 7.13. The normalized spacial score (nSPS) is 10.4. The number of nitrogens with one attached hydrogen (secondary N) is 1. The third-order valence-corrected chi connectivity index (χ3v) is 3.39. The Hall–Kier alpha value is -2.67. The fourth-order valence-electron chi connectivity index (χ4n) is 1.72. The standard InChI is InChI=1S/C13H10N4O2S/c14-11-9(10(17-19-11)13-15-6-7-20-13)12(18)16-8-4-2-1-3-5-8/h1-7H,14H2,(H,16,18). The van der Waals surface area contributed by atoms with E-state index < -0.39 is 0 Å². The number of carbonyl (C=O) groups is 1. The number of carbonyl (C=O) groups excluding carboxylic acids is 1. The lowest BCUT2D eigenvalue weighted by Gasteiger charge is -2.04. The molecule has 1 aromatic carbocycles. The van der Waals surface area contributed by atoms with Gasteiger partial charge in [-0.05, 0) is 12.1 Å². The number of para-hydroxylation sites is 1. The molecule has 6 nitrogen and oxygen atoms in total. The number of anilines is 2. The van der Waals surface area contributed by atoms with Gasteiger partial charge in [-0.25, -0.2) is 4.98 Å². The summed E-state index contributed by atoms with van der Waals surface area (Å²) in [7, 11) is 0. The second kappa shape index (κ2) is 5.14. The SMILES string of the molecule is Nc1onc(-c2nccs2)c1C(=O)Nc1ccccc1. The molecule has 0 saturated carbocycles. The number of rotatable bonds is 3. The van der Waals surface area contributed by atoms with E-state index in [4.69, 9.17) is 10.3 Å². The van der Waals surface area contributed by atoms with Gasteiger partial charge in [-0.3, -0.25) is 4.79 Å². The van der Waals surface area contributed by atoms with Crippen molar-refractivity contribution in [1.82, 2.24) is 10.1 Å². The minimum Gasteiger partial charge on any atom is -0.367 e. The van der Waals surface area contributed by atoms with Gasteiger partial charge in [-0.15, -0.1) is 11.3 Å². The molecule has 7 heteroatoms. The molecule has 1 amide bonds. The van der Waals surface area contributed by atoms with E-state index in [1.165, 1.54) is 11.3 Å². The molecule has 0 saturated heterocycles. The number of aromatic nitrogens is 2. The van der Waals surface area contributed by atoms with Crippen LogP contribution in [0.3, 0.4) is 0 Å². The largest absolute Gasteiger partial charge is 0.367 e. The molecule has 2 heterocycles. The van der Waals surface area contributed by atoms with Gasteiger partial charge in [0.05, 0.1) is 0 Å². The van der Waals surface area contributed by atoms with Crippen LogP contribution in [0.25, 0.3) is 10.7 Å². The minimum atomic E-state index is -0.375. The van der Waals surface area contributed by atoms with Crippen molar-refractivity contribution in [3.05, 3.63) is 47.5 Å². The monoisotopic (exact) mass is 286 g/mol. The van der Waals surface area contributed by atoms with Crippen molar-refractivity contribution in [1.29, 1.82) is 0 Å². The van der Waals surface area contributed by atoms with Crippen molar-refractivity contribution in [2.24, 2.45) is 0 Å². The zero-order valence-corrected chi connectivity index (χ0v) is 11.1. The van der Waals surface area contributed by atoms with Gasteiger partial charge in [0.15, 0.2) is 5.69 Å². The highest BCUT2D eigenvalue weighted by atomic mass is 32.1. The summed E-state index contributed by atoms with van der Waals surface area (Å²) in [5, 5.41) is 8.93. The van der Waals surface area contributed by atoms with E-state index >= 15 is 0 Å². The van der Waals surface area contributed by atoms with Crippen LogP contribution in [-0.4, -0.2) is 16.0 Å². The van der Waals surface area contributed by atoms with E-state index in [1.54, 1.807) is 23.7 Å². The first-order valence-electron chi connectivity index (χ1n) is 5.77. The predicted molar refractivity (Wildman–Crippen MR) is 76.4 cm³/mol. The smallest absolute Gasteiger partial charge is 0.263 e. The summed E-state index contributed by atoms with van der Waals surface area (Å²) in [5.41, 5.74) is 6.91. The van der Waals surface area contributed by atoms with Crippen LogP contribution in [0.4, 0.5) is 11.6 Å². The number of nitrogen functional groups attached to an aromatic ring is 1. The molecule has 0 aliphatic heterocycles. The van der Waals surface area contributed by atoms with Crippen LogP contribution in [0, 0.1) is 0 Å². The first-order valence-corrected chi connectivity index (χ1v) is 6.65. The number of benzene rings is 1. The summed E-state index contributed by atoms with van der Waals surface area (Å²) >= 11 is 1.36. The second-order valence-electron chi connectivity index (χ2n) is 3.93. The fourth-order valence-corrected chi connectivity index (χ4v) is 2.35. The van der Waals surface area contributed by atoms with Gasteiger partial charge < -0.3 is 15.6 Å². The summed E-state index contributed by atoms with van der Waals surface area (Å²) in [5.74, 6) is -0.399. The van der Waals surface area contributed by atoms with Gasteiger partial charge in [0, 0.05) is 17.3 Å². The summed E-state index contributed by atoms with van der Waals surface area (Å²) in [6, 6.07) is 9.09. The molecule has 0 aliphatic rings. The Balaban J connectivity index is 1.94. The topological polar surface area (TPSA) is 94.0 Å². The summed E-state index contributed by atoms with van der Waals surface area (Å²) in [6.45, 7) is 0. The maximum Gasteiger partial charge on any atom is 0.263 e. The Labute approximate surface area is 118 Å². The molecule has 0 fully saturated rings. The zero-order chi connectivity index (χ0) is 13.9. The van der Waals surface area contributed by atoms with Crippen molar-refractivity contribution in [3.63, 3.8) is 0 Å². The molecule has 20 heavy (non-hydrogen) atoms. The molecule has 100 valence electrons. The molecule has 3 aromatic rings. The molecular formula is C13H10N4O2S. The van der Waals surface area contributed by atoms with Gasteiger partial charge >= 0.3 is 0 Å². The minimum absolute atomic E-state index is 0.0244. The van der Waals surface area contributed by atoms with E-state index in [2.05, 4.69) is 15.5 Å². The van der Waals surface area contributed by atoms with Crippen molar-refractivity contribution in [3.8, 4) is 10.7 Å². The van der Waals surface area contributed by atoms with Crippen LogP contribution in [0.15, 0.2) is 46.4 Å². The molecule has 0 atom stereocenters. The lowest BCUT2D eigenvalue weighted by molar-refractivity contribution is 0.102. The maximum atomic E-state index is 12.3. The van der Waals surface area contributed by atoms with Crippen molar-refractivity contribution in [2.75, 3.05) is 11.1 Å². The first-order chi connectivity index (χ1) is 9.75. The van der Waals surface area contributed by atoms with Gasteiger partial charge in [0.1, 0.15) is 10.6 Å². The maximum absolute atomic E-state index is 12.3. The van der Waals surface area contributed by atoms with E-state index in [1.807, 2.05) is 18.2 Å². The Kier molecular flexibility index (Phi) is 3.18.